The number of ether oxygens (including phenoxy) is 5. The molecule has 9 nitrogen and oxygen atoms in total. The van der Waals surface area contributed by atoms with Gasteiger partial charge in [-0.25, -0.2) is 4.79 Å². The molecular weight excluding hydrogens is 978 g/mol. The number of carbonyl (C=O) groups is 1. The number of nitrogens with zero attached hydrogens (tertiary/aromatic N) is 2. The Morgan fingerprint density at radius 3 is 1.29 bits per heavy atom. The highest BCUT2D eigenvalue weighted by molar-refractivity contribution is 6.61. The number of benzene rings is 6. The molecule has 0 radical (unpaired) electrons. The Balaban J connectivity index is 0.000000227. The fourth-order valence-corrected chi connectivity index (χ4v) is 8.81. The van der Waals surface area contributed by atoms with Gasteiger partial charge in [-0.1, -0.05) is 179 Å². The summed E-state index contributed by atoms with van der Waals surface area (Å²) in [5.74, 6) is 2.91. The molecule has 3 heterocycles. The van der Waals surface area contributed by atoms with Gasteiger partial charge in [0.2, 0.25) is 0 Å². The minimum atomic E-state index is -0.873. The molecule has 400 valence electrons. The molecular formula is C64H79Cl2N3O6. The summed E-state index contributed by atoms with van der Waals surface area (Å²) in [6, 6.07) is 50.5. The zero-order valence-corrected chi connectivity index (χ0v) is 44.8. The van der Waals surface area contributed by atoms with Gasteiger partial charge >= 0.3 is 5.43 Å². The normalized spacial score (nSPS) is 14.5. The predicted octanol–water partition coefficient (Wildman–Crippen LogP) is 15.5. The van der Waals surface area contributed by atoms with Gasteiger partial charge in [-0.15, -0.1) is 0 Å². The fraction of sp³-hybridized carbons (Fsp3) is 0.328. The first kappa shape index (κ1) is 61.4. The van der Waals surface area contributed by atoms with Gasteiger partial charge in [0, 0.05) is 48.0 Å². The molecule has 1 unspecified atom stereocenters. The van der Waals surface area contributed by atoms with Crippen LogP contribution in [-0.4, -0.2) is 82.0 Å². The molecule has 11 heteroatoms. The van der Waals surface area contributed by atoms with Crippen LogP contribution in [0.1, 0.15) is 104 Å². The van der Waals surface area contributed by atoms with Crippen LogP contribution in [0.2, 0.25) is 0 Å². The number of para-hydroxylation sites is 3. The molecule has 3 aliphatic heterocycles. The van der Waals surface area contributed by atoms with E-state index in [1.165, 1.54) is 73.7 Å². The number of halogens is 2. The zero-order valence-electron chi connectivity index (χ0n) is 43.3. The van der Waals surface area contributed by atoms with Crippen LogP contribution in [0.15, 0.2) is 164 Å². The van der Waals surface area contributed by atoms with Crippen molar-refractivity contribution in [2.75, 3.05) is 61.2 Å². The van der Waals surface area contributed by atoms with E-state index in [0.29, 0.717) is 26.6 Å². The summed E-state index contributed by atoms with van der Waals surface area (Å²) in [7, 11) is 8.30. The minimum Gasteiger partial charge on any atom is -0.488 e. The summed E-state index contributed by atoms with van der Waals surface area (Å²) in [5.41, 5.74) is 13.5. The summed E-state index contributed by atoms with van der Waals surface area (Å²) < 4.78 is 27.7. The maximum Gasteiger partial charge on any atom is 0.405 e. The van der Waals surface area contributed by atoms with Crippen molar-refractivity contribution in [2.45, 2.75) is 79.8 Å². The lowest BCUT2D eigenvalue weighted by Gasteiger charge is -2.16. The SMILES string of the molecule is C.C.CC(Cl)OC(=O)Cl.CCCOCN(C)CC/C=C1/c2ccccc2COc2ccccc21.CN(C)CC/C=C1\c2ccccc2COc2ccccc21.CNCC/C=C1\c2ccccc2COc2ccccc21. The monoisotopic (exact) mass is 1060 g/mol. The van der Waals surface area contributed by atoms with Crippen molar-refractivity contribution in [2.24, 2.45) is 0 Å². The van der Waals surface area contributed by atoms with Crippen LogP contribution in [0.4, 0.5) is 4.79 Å². The van der Waals surface area contributed by atoms with E-state index in [0.717, 1.165) is 69.2 Å². The molecule has 6 aromatic rings. The average molecular weight is 1060 g/mol. The highest BCUT2D eigenvalue weighted by Crippen LogP contribution is 2.39. The molecule has 0 aliphatic carbocycles. The maximum absolute atomic E-state index is 9.71. The third-order valence-electron chi connectivity index (χ3n) is 12.0. The molecule has 75 heavy (non-hydrogen) atoms. The van der Waals surface area contributed by atoms with Crippen molar-refractivity contribution in [1.29, 1.82) is 0 Å². The lowest BCUT2D eigenvalue weighted by molar-refractivity contribution is 0.0443. The predicted molar refractivity (Wildman–Crippen MR) is 314 cm³/mol. The summed E-state index contributed by atoms with van der Waals surface area (Å²) in [5, 5.41) is 3.20. The number of rotatable bonds is 14. The van der Waals surface area contributed by atoms with E-state index in [9.17, 15) is 4.79 Å². The Bertz CT molecular complexity index is 2620. The third-order valence-corrected chi connectivity index (χ3v) is 12.2. The van der Waals surface area contributed by atoms with Gasteiger partial charge in [-0.2, -0.15) is 0 Å². The minimum absolute atomic E-state index is 0. The third kappa shape index (κ3) is 18.9. The molecule has 1 atom stereocenters. The molecule has 0 amide bonds. The number of alkyl halides is 1. The number of hydrogen-bond donors (Lipinski definition) is 1. The smallest absolute Gasteiger partial charge is 0.405 e. The van der Waals surface area contributed by atoms with E-state index in [1.807, 2.05) is 31.3 Å². The standard InChI is InChI=1S/C22H27NO2.C19H21NO.C18H19NO.C3H4Cl2O2.2CH4/c1-3-15-24-17-23(2)14-8-12-20-19-10-5-4-9-18(19)16-25-22-13-7-6-11-21(20)22;1-20(2)13-7-11-17-16-9-4-3-8-15(16)14-21-19-12-6-5-10-18(17)19;1-19-12-6-10-16-15-8-3-2-7-14(15)13-20-18-11-5-4-9-17(16)18;1-2(4)7-3(5)6;;/h4-7,9-13H,3,8,14-17H2,1-2H3;3-6,8-12H,7,13-14H2,1-2H3;2-5,7-11,19H,6,12-13H2,1H3;2H,1H3;2*1H4/b20-12-;17-11+;16-10+;;;. The van der Waals surface area contributed by atoms with Gasteiger partial charge in [0.15, 0.2) is 5.56 Å². The zero-order chi connectivity index (χ0) is 51.8. The van der Waals surface area contributed by atoms with Crippen LogP contribution >= 0.6 is 23.2 Å². The Morgan fingerprint density at radius 1 is 0.587 bits per heavy atom. The molecule has 3 aliphatic rings. The van der Waals surface area contributed by atoms with Crippen LogP contribution in [0, 0.1) is 0 Å². The van der Waals surface area contributed by atoms with Gasteiger partial charge in [-0.3, -0.25) is 4.90 Å². The topological polar surface area (TPSA) is 81.7 Å². The Morgan fingerprint density at radius 2 is 0.947 bits per heavy atom. The van der Waals surface area contributed by atoms with Crippen LogP contribution in [0.3, 0.4) is 0 Å². The van der Waals surface area contributed by atoms with Crippen molar-refractivity contribution in [1.82, 2.24) is 15.1 Å². The van der Waals surface area contributed by atoms with Gasteiger partial charge in [-0.05, 0) is 136 Å². The lowest BCUT2D eigenvalue weighted by atomic mass is 9.93. The molecule has 0 spiro atoms. The number of hydrogen-bond acceptors (Lipinski definition) is 9. The molecule has 0 saturated heterocycles. The molecule has 6 aromatic carbocycles. The van der Waals surface area contributed by atoms with Crippen molar-refractivity contribution in [3.05, 3.63) is 214 Å². The second-order valence-corrected chi connectivity index (χ2v) is 18.9. The van der Waals surface area contributed by atoms with Gasteiger partial charge in [0.25, 0.3) is 0 Å². The van der Waals surface area contributed by atoms with E-state index >= 15 is 0 Å². The van der Waals surface area contributed by atoms with Crippen LogP contribution < -0.4 is 19.5 Å². The summed E-state index contributed by atoms with van der Waals surface area (Å²) in [6.07, 6.45) is 11.1. The van der Waals surface area contributed by atoms with E-state index in [2.05, 4.69) is 187 Å². The van der Waals surface area contributed by atoms with Gasteiger partial charge < -0.3 is 33.9 Å². The van der Waals surface area contributed by atoms with E-state index in [1.54, 1.807) is 0 Å². The number of nitrogens with one attached hydrogen (secondary N) is 1. The van der Waals surface area contributed by atoms with E-state index in [4.69, 9.17) is 42.1 Å². The molecule has 0 fully saturated rings. The van der Waals surface area contributed by atoms with Crippen molar-refractivity contribution < 1.29 is 28.5 Å². The van der Waals surface area contributed by atoms with Crippen LogP contribution in [0.25, 0.3) is 16.7 Å². The quantitative estimate of drug-likeness (QED) is 0.0496. The summed E-state index contributed by atoms with van der Waals surface area (Å²) >= 11 is 9.87. The Kier molecular flexibility index (Phi) is 27.0. The van der Waals surface area contributed by atoms with Crippen molar-refractivity contribution in [3.8, 4) is 17.2 Å². The first-order valence-electron chi connectivity index (χ1n) is 25.2. The molecule has 9 rings (SSSR count). The van der Waals surface area contributed by atoms with E-state index < -0.39 is 11.0 Å². The first-order valence-corrected chi connectivity index (χ1v) is 26.0. The van der Waals surface area contributed by atoms with Gasteiger partial charge in [0.1, 0.15) is 37.1 Å². The molecule has 0 bridgehead atoms. The Hall–Kier alpha value is -6.17. The molecule has 0 aromatic heterocycles. The molecule has 1 N–H and O–H groups in total. The molecule has 0 saturated carbocycles. The highest BCUT2D eigenvalue weighted by Gasteiger charge is 2.21. The second kappa shape index (κ2) is 33.0. The number of carbonyl (C=O) groups excluding carboxylic acids is 1. The second-order valence-electron chi connectivity index (χ2n) is 18.0. The fourth-order valence-electron chi connectivity index (χ4n) is 8.55. The van der Waals surface area contributed by atoms with E-state index in [-0.39, 0.29) is 14.9 Å². The van der Waals surface area contributed by atoms with Crippen molar-refractivity contribution >= 4 is 45.3 Å². The van der Waals surface area contributed by atoms with Crippen LogP contribution in [0.5, 0.6) is 17.2 Å². The van der Waals surface area contributed by atoms with Gasteiger partial charge in [0.05, 0.1) is 6.73 Å². The maximum atomic E-state index is 9.71. The Labute approximate surface area is 458 Å². The van der Waals surface area contributed by atoms with Crippen molar-refractivity contribution in [3.63, 3.8) is 0 Å². The average Bonchev–Trinajstić information content (AvgIpc) is 3.74. The summed E-state index contributed by atoms with van der Waals surface area (Å²) in [6.45, 7) is 10.0. The van der Waals surface area contributed by atoms with Crippen LogP contribution in [-0.2, 0) is 29.3 Å². The number of fused-ring (bicyclic) bond motifs is 6. The largest absolute Gasteiger partial charge is 0.488 e. The first-order chi connectivity index (χ1) is 35.6. The lowest BCUT2D eigenvalue weighted by Crippen LogP contribution is -2.22. The summed E-state index contributed by atoms with van der Waals surface area (Å²) in [4.78, 5) is 14.1. The highest BCUT2D eigenvalue weighted by atomic mass is 35.5.